The third-order valence-electron chi connectivity index (χ3n) is 6.16. The fourth-order valence-corrected chi connectivity index (χ4v) is 4.95. The first-order valence-electron chi connectivity index (χ1n) is 10.9. The van der Waals surface area contributed by atoms with Gasteiger partial charge >= 0.3 is 0 Å². The largest absolute Gasteiger partial charge is 0.390 e. The van der Waals surface area contributed by atoms with E-state index in [1.807, 2.05) is 6.92 Å². The summed E-state index contributed by atoms with van der Waals surface area (Å²) in [6.45, 7) is 2.05. The van der Waals surface area contributed by atoms with Crippen LogP contribution in [0.5, 0.6) is 0 Å². The zero-order valence-electron chi connectivity index (χ0n) is 17.8. The maximum Gasteiger partial charge on any atom is 0.191 e. The van der Waals surface area contributed by atoms with E-state index >= 15 is 0 Å². The maximum absolute atomic E-state index is 13.6. The molecule has 0 spiro atoms. The summed E-state index contributed by atoms with van der Waals surface area (Å²) in [7, 11) is 0. The summed E-state index contributed by atoms with van der Waals surface area (Å²) >= 11 is 1.47. The van der Waals surface area contributed by atoms with Gasteiger partial charge in [-0.2, -0.15) is 0 Å². The molecular formula is C21H24F2N6O3S. The van der Waals surface area contributed by atoms with Crippen molar-refractivity contribution in [1.29, 1.82) is 0 Å². The molecule has 2 aromatic heterocycles. The number of hydrogen-bond acceptors (Lipinski definition) is 9. The summed E-state index contributed by atoms with van der Waals surface area (Å²) in [6.07, 6.45) is -1.78. The van der Waals surface area contributed by atoms with Crippen molar-refractivity contribution in [3.8, 4) is 0 Å². The normalized spacial score (nSPS) is 29.0. The smallest absolute Gasteiger partial charge is 0.191 e. The Morgan fingerprint density at radius 2 is 1.94 bits per heavy atom. The number of rotatable bonds is 7. The molecular weight excluding hydrogens is 454 g/mol. The van der Waals surface area contributed by atoms with Gasteiger partial charge in [0.2, 0.25) is 0 Å². The topological polar surface area (TPSA) is 129 Å². The summed E-state index contributed by atoms with van der Waals surface area (Å²) < 4.78 is 28.4. The van der Waals surface area contributed by atoms with Gasteiger partial charge in [-0.05, 0) is 30.5 Å². The van der Waals surface area contributed by atoms with Crippen LogP contribution in [0.2, 0.25) is 0 Å². The molecule has 5 rings (SSSR count). The highest BCUT2D eigenvalue weighted by Crippen LogP contribution is 2.44. The van der Waals surface area contributed by atoms with Crippen molar-refractivity contribution >= 4 is 28.7 Å². The highest BCUT2D eigenvalue weighted by Gasteiger charge is 2.44. The molecule has 4 N–H and O–H groups in total. The third-order valence-corrected chi connectivity index (χ3v) is 7.21. The molecule has 2 aliphatic rings. The van der Waals surface area contributed by atoms with Gasteiger partial charge in [-0.25, -0.2) is 23.4 Å². The predicted molar refractivity (Wildman–Crippen MR) is 117 cm³/mol. The van der Waals surface area contributed by atoms with Crippen molar-refractivity contribution in [2.45, 2.75) is 67.7 Å². The number of anilines is 1. The Balaban J connectivity index is 1.45. The Hall–Kier alpha value is -2.41. The number of hydrogen-bond donors (Lipinski definition) is 4. The van der Waals surface area contributed by atoms with Crippen molar-refractivity contribution < 1.29 is 24.1 Å². The van der Waals surface area contributed by atoms with Gasteiger partial charge in [0.15, 0.2) is 33.8 Å². The van der Waals surface area contributed by atoms with Crippen LogP contribution in [0, 0.1) is 11.6 Å². The molecule has 0 amide bonds. The summed E-state index contributed by atoms with van der Waals surface area (Å²) in [5.41, 5.74) is 1.49. The average molecular weight is 479 g/mol. The van der Waals surface area contributed by atoms with E-state index in [9.17, 15) is 24.1 Å². The fourth-order valence-electron chi connectivity index (χ4n) is 4.26. The van der Waals surface area contributed by atoms with Gasteiger partial charge in [0.1, 0.15) is 12.2 Å². The number of halogens is 2. The summed E-state index contributed by atoms with van der Waals surface area (Å²) in [5.74, 6) is -0.470. The standard InChI is InChI=1S/C21H24F2N6O3S/c1-2-5-33-21-25-19(24-13-7-10(13)9-3-4-11(22)12(23)6-9)16-20(26-21)29(28-27-16)14-8-15(30)18(32)17(14)31/h3-4,6,10,13-15,17-18,30-32H,2,5,7-8H2,1H3,(H,24,25,26)/t10-,13+,14?,15-,17-,18+/m0/s1. The average Bonchev–Trinajstić information content (AvgIpc) is 3.36. The number of fused-ring (bicyclic) bond motifs is 1. The Bertz CT molecular complexity index is 1180. The number of aromatic nitrogens is 5. The molecule has 176 valence electrons. The molecule has 1 aromatic carbocycles. The van der Waals surface area contributed by atoms with Gasteiger partial charge in [-0.3, -0.25) is 0 Å². The van der Waals surface area contributed by atoms with E-state index in [1.54, 1.807) is 6.07 Å². The molecule has 0 bridgehead atoms. The quantitative estimate of drug-likeness (QED) is 0.298. The summed E-state index contributed by atoms with van der Waals surface area (Å²) in [5, 5.41) is 42.5. The molecule has 2 aliphatic carbocycles. The second kappa shape index (κ2) is 8.75. The molecule has 0 aliphatic heterocycles. The van der Waals surface area contributed by atoms with Gasteiger partial charge < -0.3 is 20.6 Å². The first-order valence-corrected chi connectivity index (χ1v) is 11.9. The molecule has 6 atom stereocenters. The van der Waals surface area contributed by atoms with E-state index in [2.05, 4.69) is 25.6 Å². The highest BCUT2D eigenvalue weighted by molar-refractivity contribution is 7.99. The van der Waals surface area contributed by atoms with Crippen LogP contribution in [-0.4, -0.2) is 70.4 Å². The van der Waals surface area contributed by atoms with Crippen molar-refractivity contribution in [2.75, 3.05) is 11.1 Å². The van der Waals surface area contributed by atoms with E-state index in [1.165, 1.54) is 22.5 Å². The van der Waals surface area contributed by atoms with Crippen LogP contribution in [0.1, 0.15) is 43.7 Å². The first-order chi connectivity index (χ1) is 15.9. The van der Waals surface area contributed by atoms with Crippen LogP contribution < -0.4 is 5.32 Å². The Morgan fingerprint density at radius 3 is 2.64 bits per heavy atom. The number of benzene rings is 1. The molecule has 2 heterocycles. The van der Waals surface area contributed by atoms with Crippen LogP contribution in [0.15, 0.2) is 23.4 Å². The van der Waals surface area contributed by atoms with E-state index in [-0.39, 0.29) is 18.4 Å². The van der Waals surface area contributed by atoms with Crippen LogP contribution in [-0.2, 0) is 0 Å². The van der Waals surface area contributed by atoms with E-state index in [0.717, 1.165) is 24.7 Å². The fraction of sp³-hybridized carbons (Fsp3) is 0.524. The van der Waals surface area contributed by atoms with Crippen LogP contribution in [0.25, 0.3) is 11.2 Å². The first kappa shape index (κ1) is 22.4. The lowest BCUT2D eigenvalue weighted by Crippen LogP contribution is -2.31. The molecule has 0 radical (unpaired) electrons. The summed E-state index contributed by atoms with van der Waals surface area (Å²) in [4.78, 5) is 9.17. The number of nitrogens with zero attached hydrogens (tertiary/aromatic N) is 5. The number of nitrogens with one attached hydrogen (secondary N) is 1. The molecule has 2 saturated carbocycles. The summed E-state index contributed by atoms with van der Waals surface area (Å²) in [6, 6.07) is 3.21. The minimum Gasteiger partial charge on any atom is -0.390 e. The minimum absolute atomic E-state index is 0.00820. The Labute approximate surface area is 192 Å². The lowest BCUT2D eigenvalue weighted by molar-refractivity contribution is -0.0253. The number of aliphatic hydroxyl groups is 3. The number of thioether (sulfide) groups is 1. The molecule has 1 unspecified atom stereocenters. The van der Waals surface area contributed by atoms with Crippen LogP contribution in [0.3, 0.4) is 0 Å². The van der Waals surface area contributed by atoms with Crippen molar-refractivity contribution in [2.24, 2.45) is 0 Å². The van der Waals surface area contributed by atoms with Gasteiger partial charge in [-0.1, -0.05) is 30.0 Å². The van der Waals surface area contributed by atoms with Crippen molar-refractivity contribution in [3.05, 3.63) is 35.4 Å². The second-order valence-corrected chi connectivity index (χ2v) is 9.59. The predicted octanol–water partition coefficient (Wildman–Crippen LogP) is 2.00. The maximum atomic E-state index is 13.6. The van der Waals surface area contributed by atoms with Gasteiger partial charge in [0, 0.05) is 24.1 Å². The highest BCUT2D eigenvalue weighted by atomic mass is 32.2. The minimum atomic E-state index is -1.27. The number of aliphatic hydroxyl groups excluding tert-OH is 3. The van der Waals surface area contributed by atoms with Crippen LogP contribution >= 0.6 is 11.8 Å². The van der Waals surface area contributed by atoms with Crippen molar-refractivity contribution in [1.82, 2.24) is 25.0 Å². The van der Waals surface area contributed by atoms with E-state index < -0.39 is 36.0 Å². The van der Waals surface area contributed by atoms with Crippen molar-refractivity contribution in [3.63, 3.8) is 0 Å². The molecule has 9 nitrogen and oxygen atoms in total. The molecule has 2 fully saturated rings. The van der Waals surface area contributed by atoms with E-state index in [4.69, 9.17) is 0 Å². The monoisotopic (exact) mass is 478 g/mol. The lowest BCUT2D eigenvalue weighted by atomic mass is 10.1. The molecule has 0 saturated heterocycles. The Kier molecular flexibility index (Phi) is 5.93. The lowest BCUT2D eigenvalue weighted by Gasteiger charge is -2.16. The van der Waals surface area contributed by atoms with E-state index in [0.29, 0.717) is 27.7 Å². The SMILES string of the molecule is CCCSc1nc(N[C@@H]2C[C@H]2c2ccc(F)c(F)c2)c2nnn(C3C[C@H](O)[C@@H](O)[C@H]3O)c2n1. The second-order valence-electron chi connectivity index (χ2n) is 8.53. The molecule has 12 heteroatoms. The zero-order valence-corrected chi connectivity index (χ0v) is 18.6. The van der Waals surface area contributed by atoms with Gasteiger partial charge in [0.05, 0.1) is 12.1 Å². The molecule has 3 aromatic rings. The van der Waals surface area contributed by atoms with Crippen LogP contribution in [0.4, 0.5) is 14.6 Å². The molecule has 33 heavy (non-hydrogen) atoms. The van der Waals surface area contributed by atoms with Gasteiger partial charge in [-0.15, -0.1) is 5.10 Å². The van der Waals surface area contributed by atoms with Gasteiger partial charge in [0.25, 0.3) is 0 Å². The third kappa shape index (κ3) is 4.16. The zero-order chi connectivity index (χ0) is 23.3. The Morgan fingerprint density at radius 1 is 1.12 bits per heavy atom.